The van der Waals surface area contributed by atoms with Crippen molar-refractivity contribution in [2.75, 3.05) is 0 Å². The molecule has 0 radical (unpaired) electrons. The van der Waals surface area contributed by atoms with Gasteiger partial charge in [-0.1, -0.05) is 12.1 Å². The van der Waals surface area contributed by atoms with Gasteiger partial charge in [0.2, 0.25) is 0 Å². The van der Waals surface area contributed by atoms with Crippen LogP contribution in [0.25, 0.3) is 22.2 Å². The third kappa shape index (κ3) is 1.34. The maximum atomic E-state index is 12.3. The number of nitrogens with zero attached hydrogens (tertiary/aromatic N) is 2. The lowest BCUT2D eigenvalue weighted by atomic mass is 10.1. The van der Waals surface area contributed by atoms with Gasteiger partial charge < -0.3 is 9.67 Å². The molecule has 0 fully saturated rings. The Morgan fingerprint density at radius 2 is 2.06 bits per heavy atom. The minimum absolute atomic E-state index is 0.0158. The average Bonchev–Trinajstić information content (AvgIpc) is 2.90. The molecule has 0 amide bonds. The number of benzene rings is 1. The van der Waals surface area contributed by atoms with E-state index in [1.165, 1.54) is 4.57 Å². The summed E-state index contributed by atoms with van der Waals surface area (Å²) in [6, 6.07) is 8.89. The van der Waals surface area contributed by atoms with Crippen molar-refractivity contribution in [2.24, 2.45) is 7.05 Å². The van der Waals surface area contributed by atoms with Crippen LogP contribution in [-0.2, 0) is 7.05 Å². The Labute approximate surface area is 102 Å². The number of aromatic hydroxyl groups is 1. The van der Waals surface area contributed by atoms with Crippen molar-refractivity contribution >= 4 is 10.9 Å². The van der Waals surface area contributed by atoms with Gasteiger partial charge in [0, 0.05) is 18.6 Å². The molecule has 5 nitrogen and oxygen atoms in total. The summed E-state index contributed by atoms with van der Waals surface area (Å²) in [6.07, 6.45) is 1.55. The fourth-order valence-electron chi connectivity index (χ4n) is 2.12. The topological polar surface area (TPSA) is 70.9 Å². The molecule has 0 aliphatic heterocycles. The SMILES string of the molecule is Cn1c(=O)c(-c2ccn[nH]2)c(O)c2ccccc21. The zero-order valence-electron chi connectivity index (χ0n) is 9.71. The third-order valence-corrected chi connectivity index (χ3v) is 3.05. The van der Waals surface area contributed by atoms with Gasteiger partial charge in [0.15, 0.2) is 0 Å². The van der Waals surface area contributed by atoms with E-state index < -0.39 is 0 Å². The highest BCUT2D eigenvalue weighted by atomic mass is 16.3. The van der Waals surface area contributed by atoms with Crippen LogP contribution in [0.3, 0.4) is 0 Å². The molecule has 2 aromatic heterocycles. The van der Waals surface area contributed by atoms with Crippen LogP contribution in [0.4, 0.5) is 0 Å². The maximum Gasteiger partial charge on any atom is 0.264 e. The van der Waals surface area contributed by atoms with E-state index in [0.717, 1.165) is 0 Å². The van der Waals surface area contributed by atoms with Crippen LogP contribution in [0.5, 0.6) is 5.75 Å². The van der Waals surface area contributed by atoms with Crippen LogP contribution in [0, 0.1) is 0 Å². The van der Waals surface area contributed by atoms with E-state index in [1.807, 2.05) is 12.1 Å². The van der Waals surface area contributed by atoms with Crippen LogP contribution < -0.4 is 5.56 Å². The molecule has 0 bridgehead atoms. The molecule has 0 aliphatic carbocycles. The Morgan fingerprint density at radius 3 is 2.78 bits per heavy atom. The lowest BCUT2D eigenvalue weighted by Gasteiger charge is -2.10. The van der Waals surface area contributed by atoms with Gasteiger partial charge in [-0.05, 0) is 18.2 Å². The van der Waals surface area contributed by atoms with Crippen molar-refractivity contribution < 1.29 is 5.11 Å². The lowest BCUT2D eigenvalue weighted by molar-refractivity contribution is 0.481. The molecule has 18 heavy (non-hydrogen) atoms. The van der Waals surface area contributed by atoms with Crippen molar-refractivity contribution in [2.45, 2.75) is 0 Å². The Hall–Kier alpha value is -2.56. The molecule has 5 heteroatoms. The zero-order valence-corrected chi connectivity index (χ0v) is 9.71. The molecule has 0 aliphatic rings. The number of aromatic amines is 1. The number of nitrogens with one attached hydrogen (secondary N) is 1. The number of H-pyrrole nitrogens is 1. The predicted molar refractivity (Wildman–Crippen MR) is 68.4 cm³/mol. The van der Waals surface area contributed by atoms with Crippen LogP contribution in [-0.4, -0.2) is 19.9 Å². The molecule has 0 atom stereocenters. The minimum atomic E-state index is -0.254. The molecule has 0 spiro atoms. The second kappa shape index (κ2) is 3.73. The number of hydrogen-bond acceptors (Lipinski definition) is 3. The third-order valence-electron chi connectivity index (χ3n) is 3.05. The summed E-state index contributed by atoms with van der Waals surface area (Å²) in [6.45, 7) is 0. The maximum absolute atomic E-state index is 12.3. The van der Waals surface area contributed by atoms with E-state index in [1.54, 1.807) is 31.4 Å². The molecule has 3 aromatic rings. The normalized spacial score (nSPS) is 10.9. The van der Waals surface area contributed by atoms with Crippen LogP contribution >= 0.6 is 0 Å². The molecule has 90 valence electrons. The molecule has 2 heterocycles. The Kier molecular flexibility index (Phi) is 2.19. The quantitative estimate of drug-likeness (QED) is 0.680. The summed E-state index contributed by atoms with van der Waals surface area (Å²) in [5.74, 6) is -0.0158. The highest BCUT2D eigenvalue weighted by Gasteiger charge is 2.16. The molecule has 0 unspecified atom stereocenters. The van der Waals surface area contributed by atoms with E-state index in [9.17, 15) is 9.90 Å². The lowest BCUT2D eigenvalue weighted by Crippen LogP contribution is -2.19. The zero-order chi connectivity index (χ0) is 12.7. The van der Waals surface area contributed by atoms with Crippen molar-refractivity contribution in [3.8, 4) is 17.0 Å². The van der Waals surface area contributed by atoms with E-state index in [2.05, 4.69) is 10.2 Å². The van der Waals surface area contributed by atoms with Crippen molar-refractivity contribution in [1.82, 2.24) is 14.8 Å². The van der Waals surface area contributed by atoms with Gasteiger partial charge >= 0.3 is 0 Å². The number of rotatable bonds is 1. The highest BCUT2D eigenvalue weighted by Crippen LogP contribution is 2.31. The summed E-state index contributed by atoms with van der Waals surface area (Å²) in [4.78, 5) is 12.3. The largest absolute Gasteiger partial charge is 0.506 e. The van der Waals surface area contributed by atoms with E-state index in [4.69, 9.17) is 0 Å². The Morgan fingerprint density at radius 1 is 1.28 bits per heavy atom. The Balaban J connectivity index is 2.51. The van der Waals surface area contributed by atoms with Crippen molar-refractivity contribution in [3.05, 3.63) is 46.9 Å². The summed E-state index contributed by atoms with van der Waals surface area (Å²) in [7, 11) is 1.68. The molecular formula is C13H11N3O2. The first kappa shape index (κ1) is 10.6. The molecule has 3 rings (SSSR count). The van der Waals surface area contributed by atoms with Gasteiger partial charge in [-0.3, -0.25) is 9.89 Å². The first-order valence-electron chi connectivity index (χ1n) is 5.50. The van der Waals surface area contributed by atoms with Crippen molar-refractivity contribution in [3.63, 3.8) is 0 Å². The number of pyridine rings is 1. The molecule has 2 N–H and O–H groups in total. The van der Waals surface area contributed by atoms with Crippen LogP contribution in [0.2, 0.25) is 0 Å². The van der Waals surface area contributed by atoms with Crippen molar-refractivity contribution in [1.29, 1.82) is 0 Å². The number of fused-ring (bicyclic) bond motifs is 1. The molecule has 1 aromatic carbocycles. The smallest absolute Gasteiger partial charge is 0.264 e. The van der Waals surface area contributed by atoms with Crippen LogP contribution in [0.15, 0.2) is 41.3 Å². The Bertz CT molecular complexity index is 773. The van der Waals surface area contributed by atoms with Gasteiger partial charge in [-0.25, -0.2) is 0 Å². The van der Waals surface area contributed by atoms with Gasteiger partial charge in [0.25, 0.3) is 5.56 Å². The second-order valence-electron chi connectivity index (χ2n) is 4.08. The van der Waals surface area contributed by atoms with Gasteiger partial charge in [0.05, 0.1) is 11.2 Å². The molecule has 0 saturated heterocycles. The summed E-state index contributed by atoms with van der Waals surface area (Å²) >= 11 is 0. The molecule has 0 saturated carbocycles. The summed E-state index contributed by atoms with van der Waals surface area (Å²) in [5.41, 5.74) is 1.20. The van der Waals surface area contributed by atoms with E-state index in [-0.39, 0.29) is 16.9 Å². The van der Waals surface area contributed by atoms with E-state index in [0.29, 0.717) is 16.6 Å². The second-order valence-corrected chi connectivity index (χ2v) is 4.08. The first-order valence-corrected chi connectivity index (χ1v) is 5.50. The highest BCUT2D eigenvalue weighted by molar-refractivity contribution is 5.91. The number of para-hydroxylation sites is 1. The number of hydrogen-bond donors (Lipinski definition) is 2. The fraction of sp³-hybridized carbons (Fsp3) is 0.0769. The van der Waals surface area contributed by atoms with Crippen LogP contribution in [0.1, 0.15) is 0 Å². The fourth-order valence-corrected chi connectivity index (χ4v) is 2.12. The van der Waals surface area contributed by atoms with Gasteiger partial charge in [0.1, 0.15) is 11.3 Å². The number of aromatic nitrogens is 3. The summed E-state index contributed by atoms with van der Waals surface area (Å²) < 4.78 is 1.52. The first-order chi connectivity index (χ1) is 8.70. The molecular weight excluding hydrogens is 230 g/mol. The van der Waals surface area contributed by atoms with Gasteiger partial charge in [-0.15, -0.1) is 0 Å². The minimum Gasteiger partial charge on any atom is -0.506 e. The van der Waals surface area contributed by atoms with Gasteiger partial charge in [-0.2, -0.15) is 5.10 Å². The average molecular weight is 241 g/mol. The predicted octanol–water partition coefficient (Wildman–Crippen LogP) is 1.63. The monoisotopic (exact) mass is 241 g/mol. The summed E-state index contributed by atoms with van der Waals surface area (Å²) in [5, 5.41) is 17.4. The van der Waals surface area contributed by atoms with E-state index >= 15 is 0 Å². The number of aryl methyl sites for hydroxylation is 1. The standard InChI is InChI=1S/C13H11N3O2/c1-16-10-5-3-2-4-8(10)12(17)11(13(16)18)9-6-7-14-15-9/h2-7,17H,1H3,(H,14,15).